The number of aromatic nitrogens is 1. The van der Waals surface area contributed by atoms with Crippen LogP contribution in [0.4, 0.5) is 0 Å². The highest BCUT2D eigenvalue weighted by molar-refractivity contribution is 6.85. The number of hydrogen-bond donors (Lipinski definition) is 0. The van der Waals surface area contributed by atoms with Gasteiger partial charge in [-0.05, 0) is 76.9 Å². The van der Waals surface area contributed by atoms with Crippen LogP contribution in [0.25, 0.3) is 10.9 Å². The molecule has 0 aliphatic heterocycles. The van der Waals surface area contributed by atoms with Gasteiger partial charge in [-0.1, -0.05) is 75.8 Å². The molecular weight excluding hydrogens is 349 g/mol. The van der Waals surface area contributed by atoms with Crippen molar-refractivity contribution in [2.75, 3.05) is 0 Å². The molecule has 29 heavy (non-hydrogen) atoms. The van der Waals surface area contributed by atoms with E-state index in [1.807, 2.05) is 0 Å². The minimum absolute atomic E-state index is 0.163. The highest BCUT2D eigenvalue weighted by Crippen LogP contribution is 2.22. The Labute approximate surface area is 175 Å². The van der Waals surface area contributed by atoms with Gasteiger partial charge < -0.3 is 4.48 Å². The van der Waals surface area contributed by atoms with Crippen LogP contribution in [-0.2, 0) is 0 Å². The van der Waals surface area contributed by atoms with E-state index < -0.39 is 0 Å². The third-order valence-electron chi connectivity index (χ3n) is 6.22. The summed E-state index contributed by atoms with van der Waals surface area (Å²) in [5.41, 5.74) is 13.6. The van der Waals surface area contributed by atoms with Crippen LogP contribution in [0.1, 0.15) is 39.1 Å². The first kappa shape index (κ1) is 19.6. The van der Waals surface area contributed by atoms with Crippen LogP contribution < -0.4 is 10.9 Å². The number of benzene rings is 3. The summed E-state index contributed by atoms with van der Waals surface area (Å²) < 4.78 is 2.55. The summed E-state index contributed by atoms with van der Waals surface area (Å²) in [5.74, 6) is 0. The molecule has 146 valence electrons. The van der Waals surface area contributed by atoms with E-state index in [2.05, 4.69) is 108 Å². The van der Waals surface area contributed by atoms with Crippen molar-refractivity contribution in [3.05, 3.63) is 93.7 Å². The van der Waals surface area contributed by atoms with Crippen LogP contribution in [0.15, 0.2) is 54.6 Å². The zero-order valence-electron chi connectivity index (χ0n) is 18.7. The summed E-state index contributed by atoms with van der Waals surface area (Å²) in [7, 11) is 0. The molecule has 0 aliphatic rings. The van der Waals surface area contributed by atoms with E-state index in [0.29, 0.717) is 0 Å². The maximum Gasteiger partial charge on any atom is 0.328 e. The lowest BCUT2D eigenvalue weighted by Gasteiger charge is -2.27. The summed E-state index contributed by atoms with van der Waals surface area (Å²) in [6.45, 7) is 15.9. The molecule has 0 saturated carbocycles. The molecule has 4 aromatic rings. The average molecular weight is 379 g/mol. The SMILES string of the molecule is Cc1cc(C)c(B(c2c(C)cc(C)cc2C)n2c(C)cc3ccccc32)c(C)c1. The van der Waals surface area contributed by atoms with E-state index in [0.717, 1.165) is 0 Å². The first-order valence-corrected chi connectivity index (χ1v) is 10.5. The Balaban J connectivity index is 2.14. The monoisotopic (exact) mass is 379 g/mol. The summed E-state index contributed by atoms with van der Waals surface area (Å²) in [6.07, 6.45) is 0. The predicted octanol–water partition coefficient (Wildman–Crippen LogP) is 5.45. The van der Waals surface area contributed by atoms with Crippen LogP contribution in [0.2, 0.25) is 0 Å². The van der Waals surface area contributed by atoms with Crippen molar-refractivity contribution in [3.8, 4) is 0 Å². The van der Waals surface area contributed by atoms with Gasteiger partial charge in [0.2, 0.25) is 0 Å². The van der Waals surface area contributed by atoms with E-state index in [1.54, 1.807) is 0 Å². The third kappa shape index (κ3) is 3.31. The molecule has 0 aliphatic carbocycles. The lowest BCUT2D eigenvalue weighted by molar-refractivity contribution is 1.16. The van der Waals surface area contributed by atoms with Gasteiger partial charge in [0.05, 0.1) is 0 Å². The number of nitrogens with zero attached hydrogens (tertiary/aromatic N) is 1. The molecule has 0 radical (unpaired) electrons. The molecule has 2 heteroatoms. The first-order valence-electron chi connectivity index (χ1n) is 10.5. The second-order valence-corrected chi connectivity index (χ2v) is 8.74. The molecule has 3 aromatic carbocycles. The maximum absolute atomic E-state index is 2.55. The average Bonchev–Trinajstić information content (AvgIpc) is 2.94. The standard InChI is InChI=1S/C27H30BN/c1-17-12-19(3)26(20(4)13-17)28(27-21(5)14-18(2)15-22(27)6)29-23(7)16-24-10-8-9-11-25(24)29/h8-16H,1-7H3. The fraction of sp³-hybridized carbons (Fsp3) is 0.259. The Bertz CT molecular complexity index is 1130. The highest BCUT2D eigenvalue weighted by Gasteiger charge is 2.31. The highest BCUT2D eigenvalue weighted by atomic mass is 14.9. The van der Waals surface area contributed by atoms with Gasteiger partial charge in [-0.2, -0.15) is 0 Å². The van der Waals surface area contributed by atoms with Crippen molar-refractivity contribution in [2.24, 2.45) is 0 Å². The van der Waals surface area contributed by atoms with Crippen molar-refractivity contribution in [2.45, 2.75) is 48.5 Å². The molecule has 0 fully saturated rings. The number of aryl methyl sites for hydroxylation is 7. The molecule has 0 unspecified atom stereocenters. The number of para-hydroxylation sites is 1. The van der Waals surface area contributed by atoms with Gasteiger partial charge >= 0.3 is 6.85 Å². The van der Waals surface area contributed by atoms with Gasteiger partial charge in [-0.3, -0.25) is 0 Å². The summed E-state index contributed by atoms with van der Waals surface area (Å²) in [5, 5.41) is 1.31. The summed E-state index contributed by atoms with van der Waals surface area (Å²) >= 11 is 0. The van der Waals surface area contributed by atoms with Crippen molar-refractivity contribution >= 4 is 28.7 Å². The van der Waals surface area contributed by atoms with Gasteiger partial charge in [0.25, 0.3) is 0 Å². The number of fused-ring (bicyclic) bond motifs is 1. The Hall–Kier alpha value is -2.74. The van der Waals surface area contributed by atoms with Gasteiger partial charge in [-0.25, -0.2) is 0 Å². The van der Waals surface area contributed by atoms with Crippen LogP contribution >= 0.6 is 0 Å². The molecule has 1 aromatic heterocycles. The van der Waals surface area contributed by atoms with Gasteiger partial charge in [0, 0.05) is 11.2 Å². The van der Waals surface area contributed by atoms with E-state index in [1.165, 1.54) is 60.9 Å². The Kier molecular flexibility index (Phi) is 4.90. The lowest BCUT2D eigenvalue weighted by atomic mass is 9.46. The molecule has 0 saturated heterocycles. The molecule has 0 spiro atoms. The Morgan fingerprint density at radius 3 is 1.52 bits per heavy atom. The molecule has 0 amide bonds. The van der Waals surface area contributed by atoms with Crippen molar-refractivity contribution < 1.29 is 0 Å². The van der Waals surface area contributed by atoms with Gasteiger partial charge in [-0.15, -0.1) is 0 Å². The predicted molar refractivity (Wildman–Crippen MR) is 128 cm³/mol. The van der Waals surface area contributed by atoms with Crippen molar-refractivity contribution in [3.63, 3.8) is 0 Å². The molecule has 0 N–H and O–H groups in total. The van der Waals surface area contributed by atoms with Crippen LogP contribution in [-0.4, -0.2) is 11.3 Å². The van der Waals surface area contributed by atoms with Crippen molar-refractivity contribution in [1.82, 2.24) is 4.48 Å². The maximum atomic E-state index is 2.55. The Morgan fingerprint density at radius 2 is 1.03 bits per heavy atom. The Morgan fingerprint density at radius 1 is 0.586 bits per heavy atom. The van der Waals surface area contributed by atoms with E-state index in [4.69, 9.17) is 0 Å². The zero-order valence-corrected chi connectivity index (χ0v) is 18.7. The molecule has 0 bridgehead atoms. The molecule has 1 nitrogen and oxygen atoms in total. The molecule has 1 heterocycles. The minimum atomic E-state index is 0.163. The third-order valence-corrected chi connectivity index (χ3v) is 6.22. The second kappa shape index (κ2) is 7.26. The lowest BCUT2D eigenvalue weighted by Crippen LogP contribution is -2.53. The molecule has 4 rings (SSSR count). The van der Waals surface area contributed by atoms with Crippen LogP contribution in [0.5, 0.6) is 0 Å². The fourth-order valence-electron chi connectivity index (χ4n) is 5.30. The summed E-state index contributed by atoms with van der Waals surface area (Å²) in [4.78, 5) is 0. The molecular formula is C27H30BN. The normalized spacial score (nSPS) is 11.3. The van der Waals surface area contributed by atoms with Crippen LogP contribution in [0, 0.1) is 48.5 Å². The molecule has 0 atom stereocenters. The van der Waals surface area contributed by atoms with Gasteiger partial charge in [0.15, 0.2) is 0 Å². The zero-order chi connectivity index (χ0) is 20.9. The van der Waals surface area contributed by atoms with E-state index in [-0.39, 0.29) is 6.85 Å². The van der Waals surface area contributed by atoms with E-state index in [9.17, 15) is 0 Å². The number of hydrogen-bond acceptors (Lipinski definition) is 0. The van der Waals surface area contributed by atoms with Gasteiger partial charge in [0.1, 0.15) is 0 Å². The smallest absolute Gasteiger partial charge is 0.328 e. The summed E-state index contributed by atoms with van der Waals surface area (Å²) in [6, 6.07) is 20.4. The second-order valence-electron chi connectivity index (χ2n) is 8.74. The van der Waals surface area contributed by atoms with Crippen LogP contribution in [0.3, 0.4) is 0 Å². The fourth-order valence-corrected chi connectivity index (χ4v) is 5.30. The van der Waals surface area contributed by atoms with Crippen molar-refractivity contribution in [1.29, 1.82) is 0 Å². The number of rotatable bonds is 3. The topological polar surface area (TPSA) is 4.93 Å². The quantitative estimate of drug-likeness (QED) is 0.417. The first-order chi connectivity index (χ1) is 13.8. The minimum Gasteiger partial charge on any atom is -0.380 e. The largest absolute Gasteiger partial charge is 0.380 e. The van der Waals surface area contributed by atoms with E-state index >= 15 is 0 Å².